The molecule has 80 valence electrons. The molecule has 2 heteroatoms. The van der Waals surface area contributed by atoms with Crippen molar-refractivity contribution in [3.63, 3.8) is 0 Å². The van der Waals surface area contributed by atoms with Crippen LogP contribution in [0.3, 0.4) is 0 Å². The number of hydrogen-bond acceptors (Lipinski definition) is 2. The summed E-state index contributed by atoms with van der Waals surface area (Å²) in [6.45, 7) is 11.1. The first kappa shape index (κ1) is 13.2. The number of nitrogens with zero attached hydrogens (tertiary/aromatic N) is 1. The van der Waals surface area contributed by atoms with E-state index in [1.54, 1.807) is 0 Å². The molecule has 0 radical (unpaired) electrons. The van der Waals surface area contributed by atoms with Crippen molar-refractivity contribution in [1.82, 2.24) is 0 Å². The lowest BCUT2D eigenvalue weighted by molar-refractivity contribution is 0.0176. The maximum Gasteiger partial charge on any atom is 0.0806 e. The second-order valence-corrected chi connectivity index (χ2v) is 4.81. The largest absolute Gasteiger partial charge is 0.373 e. The molecule has 0 rings (SSSR count). The zero-order chi connectivity index (χ0) is 11.2. The summed E-state index contributed by atoms with van der Waals surface area (Å²) in [6, 6.07) is 2.08. The van der Waals surface area contributed by atoms with E-state index in [0.717, 1.165) is 0 Å². The number of nitriles is 1. The second-order valence-electron chi connectivity index (χ2n) is 4.81. The average molecular weight is 195 g/mol. The topological polar surface area (TPSA) is 33.0 Å². The Hall–Kier alpha value is -0.810. The summed E-state index contributed by atoms with van der Waals surface area (Å²) in [5.41, 5.74) is 1.34. The van der Waals surface area contributed by atoms with Crippen molar-refractivity contribution in [2.75, 3.05) is 6.61 Å². The molecule has 1 unspecified atom stereocenters. The van der Waals surface area contributed by atoms with Gasteiger partial charge in [-0.05, 0) is 19.3 Å². The van der Waals surface area contributed by atoms with E-state index in [9.17, 15) is 0 Å². The molecule has 2 nitrogen and oxygen atoms in total. The van der Waals surface area contributed by atoms with Gasteiger partial charge in [0.1, 0.15) is 0 Å². The van der Waals surface area contributed by atoms with Crippen molar-refractivity contribution in [1.29, 1.82) is 5.26 Å². The van der Waals surface area contributed by atoms with Gasteiger partial charge in [0.05, 0.1) is 25.2 Å². The molecule has 0 aliphatic carbocycles. The Morgan fingerprint density at radius 2 is 2.00 bits per heavy atom. The van der Waals surface area contributed by atoms with Gasteiger partial charge >= 0.3 is 0 Å². The van der Waals surface area contributed by atoms with Gasteiger partial charge in [-0.2, -0.15) is 5.26 Å². The number of hydrogen-bond donors (Lipinski definition) is 0. The van der Waals surface area contributed by atoms with Crippen LogP contribution < -0.4 is 0 Å². The predicted octanol–water partition coefficient (Wildman–Crippen LogP) is 3.30. The molecule has 0 amide bonds. The third-order valence-corrected chi connectivity index (χ3v) is 1.85. The van der Waals surface area contributed by atoms with Crippen LogP contribution in [0.2, 0.25) is 0 Å². The zero-order valence-electron chi connectivity index (χ0n) is 9.92. The van der Waals surface area contributed by atoms with Crippen molar-refractivity contribution >= 4 is 0 Å². The van der Waals surface area contributed by atoms with Crippen molar-refractivity contribution in [3.05, 3.63) is 11.6 Å². The van der Waals surface area contributed by atoms with E-state index in [1.165, 1.54) is 5.57 Å². The second kappa shape index (κ2) is 5.82. The van der Waals surface area contributed by atoms with Crippen LogP contribution in [0.5, 0.6) is 0 Å². The van der Waals surface area contributed by atoms with Crippen molar-refractivity contribution in [2.45, 2.75) is 47.1 Å². The summed E-state index contributed by atoms with van der Waals surface area (Å²) in [5, 5.41) is 8.42. The molecular formula is C12H21NO. The van der Waals surface area contributed by atoms with Crippen LogP contribution in [0, 0.1) is 16.7 Å². The molecule has 0 heterocycles. The van der Waals surface area contributed by atoms with Crippen LogP contribution in [0.1, 0.15) is 41.0 Å². The smallest absolute Gasteiger partial charge is 0.0806 e. The lowest BCUT2D eigenvalue weighted by Crippen LogP contribution is -2.28. The Morgan fingerprint density at radius 3 is 2.36 bits per heavy atom. The highest BCUT2D eigenvalue weighted by Gasteiger charge is 2.22. The molecule has 0 spiro atoms. The molecule has 0 fully saturated rings. The highest BCUT2D eigenvalue weighted by Crippen LogP contribution is 2.24. The minimum atomic E-state index is 0.0900. The van der Waals surface area contributed by atoms with Gasteiger partial charge in [0.2, 0.25) is 0 Å². The van der Waals surface area contributed by atoms with Crippen LogP contribution in [-0.4, -0.2) is 12.7 Å². The Bertz CT molecular complexity index is 226. The Labute approximate surface area is 87.6 Å². The van der Waals surface area contributed by atoms with Crippen LogP contribution in [0.25, 0.3) is 0 Å². The zero-order valence-corrected chi connectivity index (χ0v) is 9.92. The molecule has 0 saturated carbocycles. The molecule has 0 aromatic rings. The average Bonchev–Trinajstić information content (AvgIpc) is 2.00. The van der Waals surface area contributed by atoms with Gasteiger partial charge in [-0.3, -0.25) is 0 Å². The first-order chi connectivity index (χ1) is 6.38. The Kier molecular flexibility index (Phi) is 5.49. The minimum absolute atomic E-state index is 0.0900. The summed E-state index contributed by atoms with van der Waals surface area (Å²) < 4.78 is 5.66. The monoisotopic (exact) mass is 195 g/mol. The molecule has 0 aliphatic heterocycles. The van der Waals surface area contributed by atoms with E-state index in [0.29, 0.717) is 13.0 Å². The first-order valence-corrected chi connectivity index (χ1v) is 5.01. The fourth-order valence-electron chi connectivity index (χ4n) is 1.08. The number of ether oxygens (including phenoxy) is 1. The van der Waals surface area contributed by atoms with Crippen molar-refractivity contribution in [2.24, 2.45) is 5.41 Å². The molecule has 0 aromatic heterocycles. The molecule has 0 aromatic carbocycles. The van der Waals surface area contributed by atoms with Gasteiger partial charge in [0.15, 0.2) is 0 Å². The van der Waals surface area contributed by atoms with Gasteiger partial charge in [-0.15, -0.1) is 0 Å². The van der Waals surface area contributed by atoms with Crippen molar-refractivity contribution < 1.29 is 4.74 Å². The minimum Gasteiger partial charge on any atom is -0.373 e. The van der Waals surface area contributed by atoms with Gasteiger partial charge < -0.3 is 4.74 Å². The maximum atomic E-state index is 8.42. The van der Waals surface area contributed by atoms with Crippen LogP contribution >= 0.6 is 0 Å². The number of allylic oxidation sites excluding steroid dienone is 1. The highest BCUT2D eigenvalue weighted by molar-refractivity contribution is 5.02. The van der Waals surface area contributed by atoms with E-state index >= 15 is 0 Å². The third kappa shape index (κ3) is 5.77. The number of rotatable bonds is 4. The lowest BCUT2D eigenvalue weighted by atomic mass is 9.88. The third-order valence-electron chi connectivity index (χ3n) is 1.85. The molecule has 0 N–H and O–H groups in total. The Morgan fingerprint density at radius 1 is 1.43 bits per heavy atom. The van der Waals surface area contributed by atoms with Crippen LogP contribution in [0.4, 0.5) is 0 Å². The van der Waals surface area contributed by atoms with E-state index in [-0.39, 0.29) is 11.5 Å². The van der Waals surface area contributed by atoms with Crippen LogP contribution in [-0.2, 0) is 4.74 Å². The SMILES string of the molecule is CC(C)=CC(OCCC#N)C(C)(C)C. The van der Waals surface area contributed by atoms with E-state index < -0.39 is 0 Å². The molecule has 0 aliphatic rings. The summed E-state index contributed by atoms with van der Waals surface area (Å²) >= 11 is 0. The van der Waals surface area contributed by atoms with Crippen LogP contribution in [0.15, 0.2) is 11.6 Å². The molecule has 14 heavy (non-hydrogen) atoms. The predicted molar refractivity (Wildman–Crippen MR) is 58.9 cm³/mol. The van der Waals surface area contributed by atoms with Crippen molar-refractivity contribution in [3.8, 4) is 6.07 Å². The molecular weight excluding hydrogens is 174 g/mol. The van der Waals surface area contributed by atoms with Gasteiger partial charge in [0.25, 0.3) is 0 Å². The summed E-state index contributed by atoms with van der Waals surface area (Å²) in [7, 11) is 0. The fraction of sp³-hybridized carbons (Fsp3) is 0.750. The Balaban J connectivity index is 4.29. The lowest BCUT2D eigenvalue weighted by Gasteiger charge is -2.28. The maximum absolute atomic E-state index is 8.42. The normalized spacial score (nSPS) is 13.1. The molecule has 1 atom stereocenters. The van der Waals surface area contributed by atoms with E-state index in [4.69, 9.17) is 10.00 Å². The standard InChI is InChI=1S/C12H21NO/c1-10(2)9-11(12(3,4)5)14-8-6-7-13/h9,11H,6,8H2,1-5H3. The van der Waals surface area contributed by atoms with Gasteiger partial charge in [0, 0.05) is 0 Å². The summed E-state index contributed by atoms with van der Waals surface area (Å²) in [4.78, 5) is 0. The fourth-order valence-corrected chi connectivity index (χ4v) is 1.08. The molecule has 0 saturated heterocycles. The summed E-state index contributed by atoms with van der Waals surface area (Å²) in [5.74, 6) is 0. The van der Waals surface area contributed by atoms with E-state index in [2.05, 4.69) is 46.8 Å². The summed E-state index contributed by atoms with van der Waals surface area (Å²) in [6.07, 6.45) is 2.68. The van der Waals surface area contributed by atoms with E-state index in [1.807, 2.05) is 0 Å². The quantitative estimate of drug-likeness (QED) is 0.509. The first-order valence-electron chi connectivity index (χ1n) is 5.01. The highest BCUT2D eigenvalue weighted by atomic mass is 16.5. The van der Waals surface area contributed by atoms with Gasteiger partial charge in [-0.1, -0.05) is 32.4 Å². The molecule has 0 bridgehead atoms. The van der Waals surface area contributed by atoms with Gasteiger partial charge in [-0.25, -0.2) is 0 Å².